The Bertz CT molecular complexity index is 647. The molecule has 90 valence electrons. The maximum absolute atomic E-state index is 11.5. The van der Waals surface area contributed by atoms with E-state index in [1.165, 1.54) is 0 Å². The van der Waals surface area contributed by atoms with Crippen molar-refractivity contribution >= 4 is 11.2 Å². The number of H-pyrrole nitrogens is 3. The highest BCUT2D eigenvalue weighted by Gasteiger charge is 2.20. The number of hydrogen-bond donors (Lipinski definition) is 3. The molecule has 1 aliphatic heterocycles. The molecule has 7 nitrogen and oxygen atoms in total. The average Bonchev–Trinajstić information content (AvgIpc) is 2.74. The van der Waals surface area contributed by atoms with Crippen LogP contribution in [0.5, 0.6) is 0 Å². The number of aromatic nitrogens is 4. The quantitative estimate of drug-likeness (QED) is 0.657. The lowest BCUT2D eigenvalue weighted by Gasteiger charge is -2.20. The molecule has 1 atom stereocenters. The van der Waals surface area contributed by atoms with E-state index in [1.54, 1.807) is 0 Å². The molecule has 3 N–H and O–H groups in total. The Morgan fingerprint density at radius 2 is 2.06 bits per heavy atom. The second-order valence-electron chi connectivity index (χ2n) is 4.11. The average molecular weight is 236 g/mol. The van der Waals surface area contributed by atoms with Gasteiger partial charge in [-0.2, -0.15) is 0 Å². The molecule has 1 aliphatic rings. The van der Waals surface area contributed by atoms with Crippen LogP contribution >= 0.6 is 0 Å². The molecule has 0 spiro atoms. The van der Waals surface area contributed by atoms with Gasteiger partial charge in [0.1, 0.15) is 17.4 Å². The molecule has 0 aliphatic carbocycles. The highest BCUT2D eigenvalue weighted by molar-refractivity contribution is 5.68. The highest BCUT2D eigenvalue weighted by atomic mass is 16.5. The van der Waals surface area contributed by atoms with E-state index >= 15 is 0 Å². The van der Waals surface area contributed by atoms with Crippen LogP contribution in [0.4, 0.5) is 0 Å². The minimum absolute atomic E-state index is 0.112. The fraction of sp³-hybridized carbons (Fsp3) is 0.500. The van der Waals surface area contributed by atoms with Crippen LogP contribution in [0.15, 0.2) is 9.59 Å². The summed E-state index contributed by atoms with van der Waals surface area (Å²) in [5.41, 5.74) is -0.444. The van der Waals surface area contributed by atoms with E-state index < -0.39 is 11.2 Å². The van der Waals surface area contributed by atoms with E-state index in [4.69, 9.17) is 4.74 Å². The van der Waals surface area contributed by atoms with E-state index in [2.05, 4.69) is 19.9 Å². The predicted molar refractivity (Wildman–Crippen MR) is 59.9 cm³/mol. The van der Waals surface area contributed by atoms with Gasteiger partial charge in [-0.15, -0.1) is 0 Å². The minimum Gasteiger partial charge on any atom is -0.370 e. The lowest BCUT2D eigenvalue weighted by atomic mass is 10.1. The van der Waals surface area contributed by atoms with Gasteiger partial charge in [-0.3, -0.25) is 14.8 Å². The standard InChI is InChI=1S/C10H12N4O3/c15-9-6-8(13-10(16)14-9)12-7(11-6)5-3-1-2-4-17-5/h5H,1-4H2,(H3,11,12,13,14,15,16). The number of rotatable bonds is 1. The van der Waals surface area contributed by atoms with Crippen molar-refractivity contribution in [2.45, 2.75) is 25.4 Å². The summed E-state index contributed by atoms with van der Waals surface area (Å²) in [4.78, 5) is 34.3. The maximum Gasteiger partial charge on any atom is 0.327 e. The third-order valence-corrected chi connectivity index (χ3v) is 2.89. The predicted octanol–water partition coefficient (Wildman–Crippen LogP) is 0.181. The molecule has 0 aromatic carbocycles. The number of ether oxygens (including phenoxy) is 1. The lowest BCUT2D eigenvalue weighted by Crippen LogP contribution is -2.21. The smallest absolute Gasteiger partial charge is 0.327 e. The van der Waals surface area contributed by atoms with E-state index in [1.807, 2.05) is 0 Å². The fourth-order valence-electron chi connectivity index (χ4n) is 2.06. The number of fused-ring (bicyclic) bond motifs is 1. The van der Waals surface area contributed by atoms with Crippen molar-refractivity contribution in [2.75, 3.05) is 6.61 Å². The van der Waals surface area contributed by atoms with Gasteiger partial charge >= 0.3 is 5.69 Å². The number of nitrogens with zero attached hydrogens (tertiary/aromatic N) is 1. The monoisotopic (exact) mass is 236 g/mol. The number of imidazole rings is 1. The van der Waals surface area contributed by atoms with Gasteiger partial charge in [0.2, 0.25) is 0 Å². The van der Waals surface area contributed by atoms with E-state index in [9.17, 15) is 9.59 Å². The first kappa shape index (κ1) is 10.3. The van der Waals surface area contributed by atoms with Crippen molar-refractivity contribution in [1.82, 2.24) is 19.9 Å². The summed E-state index contributed by atoms with van der Waals surface area (Å²) in [5.74, 6) is 0.604. The molecule has 1 fully saturated rings. The summed E-state index contributed by atoms with van der Waals surface area (Å²) in [6, 6.07) is 0. The second-order valence-corrected chi connectivity index (χ2v) is 4.11. The SMILES string of the molecule is O=c1[nH]c(=O)c2[nH]c(C3CCCCO3)nc2[nH]1. The molecule has 3 heterocycles. The Morgan fingerprint density at radius 3 is 2.82 bits per heavy atom. The first-order valence-electron chi connectivity index (χ1n) is 5.58. The normalized spacial score (nSPS) is 20.8. The molecule has 7 heteroatoms. The summed E-state index contributed by atoms with van der Waals surface area (Å²) in [7, 11) is 0. The van der Waals surface area contributed by atoms with E-state index in [0.29, 0.717) is 12.4 Å². The van der Waals surface area contributed by atoms with Gasteiger partial charge in [-0.1, -0.05) is 0 Å². The van der Waals surface area contributed by atoms with Gasteiger partial charge in [0.05, 0.1) is 0 Å². The van der Waals surface area contributed by atoms with Crippen LogP contribution in [0.25, 0.3) is 11.2 Å². The molecule has 17 heavy (non-hydrogen) atoms. The number of aromatic amines is 3. The van der Waals surface area contributed by atoms with E-state index in [-0.39, 0.29) is 17.3 Å². The molecule has 1 unspecified atom stereocenters. The Balaban J connectivity index is 2.09. The highest BCUT2D eigenvalue weighted by Crippen LogP contribution is 2.26. The van der Waals surface area contributed by atoms with E-state index in [0.717, 1.165) is 19.3 Å². The molecule has 2 aromatic rings. The summed E-state index contributed by atoms with van der Waals surface area (Å²) in [6.45, 7) is 0.703. The molecular formula is C10H12N4O3. The van der Waals surface area contributed by atoms with Crippen LogP contribution in [0.2, 0.25) is 0 Å². The van der Waals surface area contributed by atoms with Gasteiger partial charge in [0.15, 0.2) is 5.65 Å². The van der Waals surface area contributed by atoms with Crippen LogP contribution in [-0.4, -0.2) is 26.5 Å². The van der Waals surface area contributed by atoms with Crippen LogP contribution < -0.4 is 11.2 Å². The zero-order valence-corrected chi connectivity index (χ0v) is 9.08. The van der Waals surface area contributed by atoms with Gasteiger partial charge < -0.3 is 9.72 Å². The number of nitrogens with one attached hydrogen (secondary N) is 3. The molecule has 0 radical (unpaired) electrons. The third-order valence-electron chi connectivity index (χ3n) is 2.89. The second kappa shape index (κ2) is 3.85. The fourth-order valence-corrected chi connectivity index (χ4v) is 2.06. The number of hydrogen-bond acceptors (Lipinski definition) is 4. The summed E-state index contributed by atoms with van der Waals surface area (Å²) >= 11 is 0. The first-order chi connectivity index (χ1) is 8.24. The van der Waals surface area contributed by atoms with Gasteiger partial charge in [0, 0.05) is 6.61 Å². The van der Waals surface area contributed by atoms with Crippen molar-refractivity contribution in [2.24, 2.45) is 0 Å². The lowest BCUT2D eigenvalue weighted by molar-refractivity contribution is 0.0101. The topological polar surface area (TPSA) is 104 Å². The van der Waals surface area contributed by atoms with Crippen molar-refractivity contribution in [3.63, 3.8) is 0 Å². The van der Waals surface area contributed by atoms with Crippen LogP contribution in [0, 0.1) is 0 Å². The molecule has 1 saturated heterocycles. The Kier molecular flexibility index (Phi) is 2.32. The largest absolute Gasteiger partial charge is 0.370 e. The van der Waals surface area contributed by atoms with Gasteiger partial charge in [-0.05, 0) is 19.3 Å². The molecule has 0 amide bonds. The molecule has 2 aromatic heterocycles. The van der Waals surface area contributed by atoms with Crippen molar-refractivity contribution in [3.8, 4) is 0 Å². The third kappa shape index (κ3) is 1.78. The zero-order valence-electron chi connectivity index (χ0n) is 9.08. The molecular weight excluding hydrogens is 224 g/mol. The van der Waals surface area contributed by atoms with Crippen LogP contribution in [0.1, 0.15) is 31.2 Å². The van der Waals surface area contributed by atoms with Crippen molar-refractivity contribution < 1.29 is 4.74 Å². The van der Waals surface area contributed by atoms with Gasteiger partial charge in [-0.25, -0.2) is 9.78 Å². The van der Waals surface area contributed by atoms with Crippen LogP contribution in [-0.2, 0) is 4.74 Å². The molecule has 3 rings (SSSR count). The Hall–Kier alpha value is -1.89. The van der Waals surface area contributed by atoms with Crippen molar-refractivity contribution in [1.29, 1.82) is 0 Å². The zero-order chi connectivity index (χ0) is 11.8. The summed E-state index contributed by atoms with van der Waals surface area (Å²) in [5, 5.41) is 0. The maximum atomic E-state index is 11.5. The molecule has 0 bridgehead atoms. The minimum atomic E-state index is -0.551. The van der Waals surface area contributed by atoms with Gasteiger partial charge in [0.25, 0.3) is 5.56 Å². The molecule has 0 saturated carbocycles. The summed E-state index contributed by atoms with van der Waals surface area (Å²) in [6.07, 6.45) is 2.89. The van der Waals surface area contributed by atoms with Crippen molar-refractivity contribution in [3.05, 3.63) is 26.7 Å². The Labute approximate surface area is 95.2 Å². The Morgan fingerprint density at radius 1 is 1.18 bits per heavy atom. The summed E-state index contributed by atoms with van der Waals surface area (Å²) < 4.78 is 5.57. The first-order valence-corrected chi connectivity index (χ1v) is 5.58. The van der Waals surface area contributed by atoms with Crippen LogP contribution in [0.3, 0.4) is 0 Å².